The van der Waals surface area contributed by atoms with Crippen LogP contribution in [0.3, 0.4) is 0 Å². The number of aromatic nitrogens is 2. The third-order valence-electron chi connectivity index (χ3n) is 3.68. The Morgan fingerprint density at radius 3 is 2.48 bits per heavy atom. The van der Waals surface area contributed by atoms with Gasteiger partial charge in [-0.15, -0.1) is 0 Å². The molecule has 0 aromatic carbocycles. The van der Waals surface area contributed by atoms with Crippen molar-refractivity contribution in [2.45, 2.75) is 72.3 Å². The molecule has 5 heteroatoms. The number of esters is 1. The third-order valence-corrected chi connectivity index (χ3v) is 3.68. The van der Waals surface area contributed by atoms with Gasteiger partial charge in [0.15, 0.2) is 5.69 Å². The lowest BCUT2D eigenvalue weighted by Crippen LogP contribution is -2.16. The molecule has 0 aliphatic carbocycles. The zero-order chi connectivity index (χ0) is 15.8. The Morgan fingerprint density at radius 2 is 1.95 bits per heavy atom. The van der Waals surface area contributed by atoms with E-state index < -0.39 is 5.97 Å². The van der Waals surface area contributed by atoms with E-state index in [1.807, 2.05) is 6.92 Å². The summed E-state index contributed by atoms with van der Waals surface area (Å²) in [5.41, 5.74) is 6.48. The molecule has 0 aliphatic heterocycles. The maximum absolute atomic E-state index is 12.0. The Morgan fingerprint density at radius 1 is 1.24 bits per heavy atom. The van der Waals surface area contributed by atoms with Crippen LogP contribution in [0, 0.1) is 0 Å². The standard InChI is InChI=1S/C16H29N3O2/c1-5-9-11-12(10-6-2)19-13(7-3)18-14(15(19)17)16(20)21-8-4/h12H,5-11,17H2,1-4H3. The summed E-state index contributed by atoms with van der Waals surface area (Å²) < 4.78 is 7.11. The summed E-state index contributed by atoms with van der Waals surface area (Å²) in [7, 11) is 0. The number of ether oxygens (including phenoxy) is 1. The molecule has 5 nitrogen and oxygen atoms in total. The summed E-state index contributed by atoms with van der Waals surface area (Å²) in [4.78, 5) is 16.4. The molecule has 0 radical (unpaired) electrons. The lowest BCUT2D eigenvalue weighted by molar-refractivity contribution is 0.0521. The zero-order valence-electron chi connectivity index (χ0n) is 13.8. The minimum atomic E-state index is -0.422. The fraction of sp³-hybridized carbons (Fsp3) is 0.750. The molecule has 2 N–H and O–H groups in total. The summed E-state index contributed by atoms with van der Waals surface area (Å²) in [5, 5.41) is 0. The van der Waals surface area contributed by atoms with Gasteiger partial charge >= 0.3 is 5.97 Å². The average molecular weight is 295 g/mol. The van der Waals surface area contributed by atoms with Crippen LogP contribution in [0.25, 0.3) is 0 Å². The van der Waals surface area contributed by atoms with E-state index in [1.54, 1.807) is 6.92 Å². The van der Waals surface area contributed by atoms with Gasteiger partial charge in [-0.2, -0.15) is 0 Å². The van der Waals surface area contributed by atoms with Gasteiger partial charge in [0, 0.05) is 12.5 Å². The van der Waals surface area contributed by atoms with Gasteiger partial charge in [0.05, 0.1) is 6.61 Å². The van der Waals surface area contributed by atoms with Gasteiger partial charge in [0.25, 0.3) is 0 Å². The molecule has 0 aliphatic rings. The monoisotopic (exact) mass is 295 g/mol. The number of hydrogen-bond donors (Lipinski definition) is 1. The van der Waals surface area contributed by atoms with Crippen LogP contribution in [0.4, 0.5) is 5.82 Å². The molecule has 0 saturated carbocycles. The maximum atomic E-state index is 12.0. The molecule has 1 rings (SSSR count). The summed E-state index contributed by atoms with van der Waals surface area (Å²) >= 11 is 0. The van der Waals surface area contributed by atoms with Crippen molar-refractivity contribution in [3.8, 4) is 0 Å². The number of nitrogens with zero attached hydrogens (tertiary/aromatic N) is 2. The topological polar surface area (TPSA) is 70.1 Å². The highest BCUT2D eigenvalue weighted by Gasteiger charge is 2.24. The fourth-order valence-corrected chi connectivity index (χ4v) is 2.68. The molecule has 1 aromatic rings. The molecule has 0 saturated heterocycles. The molecule has 0 fully saturated rings. The summed E-state index contributed by atoms with van der Waals surface area (Å²) in [6, 6.07) is 0.320. The molecule has 0 amide bonds. The SMILES string of the molecule is CCCCC(CCC)n1c(CC)nc(C(=O)OCC)c1N. The second kappa shape index (κ2) is 8.70. The minimum absolute atomic E-state index is 0.270. The van der Waals surface area contributed by atoms with Crippen LogP contribution in [0.1, 0.15) is 82.2 Å². The van der Waals surface area contributed by atoms with Crippen LogP contribution in [0.5, 0.6) is 0 Å². The van der Waals surface area contributed by atoms with E-state index in [4.69, 9.17) is 10.5 Å². The number of nitrogen functional groups attached to an aromatic ring is 1. The van der Waals surface area contributed by atoms with Gasteiger partial charge < -0.3 is 15.0 Å². The molecule has 0 spiro atoms. The number of carbonyl (C=O) groups is 1. The molecular formula is C16H29N3O2. The zero-order valence-corrected chi connectivity index (χ0v) is 13.8. The van der Waals surface area contributed by atoms with E-state index in [0.717, 1.165) is 44.3 Å². The quantitative estimate of drug-likeness (QED) is 0.705. The van der Waals surface area contributed by atoms with Gasteiger partial charge in [0.2, 0.25) is 0 Å². The van der Waals surface area contributed by atoms with Crippen LogP contribution in [-0.4, -0.2) is 22.1 Å². The van der Waals surface area contributed by atoms with Crippen molar-refractivity contribution in [2.24, 2.45) is 0 Å². The first-order chi connectivity index (χ1) is 10.1. The average Bonchev–Trinajstić information content (AvgIpc) is 2.80. The predicted molar refractivity (Wildman–Crippen MR) is 85.4 cm³/mol. The van der Waals surface area contributed by atoms with Crippen LogP contribution >= 0.6 is 0 Å². The summed E-state index contributed by atoms with van der Waals surface area (Å²) in [5.74, 6) is 0.916. The molecular weight excluding hydrogens is 266 g/mol. The van der Waals surface area contributed by atoms with Gasteiger partial charge in [0.1, 0.15) is 11.6 Å². The highest BCUT2D eigenvalue weighted by Crippen LogP contribution is 2.28. The molecule has 1 unspecified atom stereocenters. The first kappa shape index (κ1) is 17.5. The van der Waals surface area contributed by atoms with Crippen molar-refractivity contribution in [2.75, 3.05) is 12.3 Å². The second-order valence-corrected chi connectivity index (χ2v) is 5.29. The van der Waals surface area contributed by atoms with E-state index in [1.165, 1.54) is 0 Å². The number of anilines is 1. The number of hydrogen-bond acceptors (Lipinski definition) is 4. The van der Waals surface area contributed by atoms with Crippen molar-refractivity contribution < 1.29 is 9.53 Å². The lowest BCUT2D eigenvalue weighted by atomic mass is 10.0. The van der Waals surface area contributed by atoms with Crippen molar-refractivity contribution in [1.29, 1.82) is 0 Å². The summed E-state index contributed by atoms with van der Waals surface area (Å²) in [6.07, 6.45) is 6.27. The van der Waals surface area contributed by atoms with Crippen molar-refractivity contribution in [3.05, 3.63) is 11.5 Å². The van der Waals surface area contributed by atoms with Crippen LogP contribution in [0.2, 0.25) is 0 Å². The number of carbonyl (C=O) groups excluding carboxylic acids is 1. The number of nitrogens with two attached hydrogens (primary N) is 1. The minimum Gasteiger partial charge on any atom is -0.461 e. The predicted octanol–water partition coefficient (Wildman–Crippen LogP) is 3.74. The molecule has 0 bridgehead atoms. The highest BCUT2D eigenvalue weighted by atomic mass is 16.5. The normalized spacial score (nSPS) is 12.4. The lowest BCUT2D eigenvalue weighted by Gasteiger charge is -2.21. The fourth-order valence-electron chi connectivity index (χ4n) is 2.68. The van der Waals surface area contributed by atoms with Gasteiger partial charge in [-0.1, -0.05) is 40.0 Å². The van der Waals surface area contributed by atoms with Crippen molar-refractivity contribution in [1.82, 2.24) is 9.55 Å². The van der Waals surface area contributed by atoms with E-state index >= 15 is 0 Å². The Balaban J connectivity index is 3.15. The Labute approximate surface area is 127 Å². The number of imidazole rings is 1. The Bertz CT molecular complexity index is 455. The maximum Gasteiger partial charge on any atom is 0.360 e. The van der Waals surface area contributed by atoms with Crippen LogP contribution < -0.4 is 5.73 Å². The first-order valence-electron chi connectivity index (χ1n) is 8.14. The van der Waals surface area contributed by atoms with Crippen LogP contribution in [-0.2, 0) is 11.2 Å². The number of rotatable bonds is 9. The first-order valence-corrected chi connectivity index (χ1v) is 8.14. The molecule has 1 heterocycles. The van der Waals surface area contributed by atoms with E-state index in [9.17, 15) is 4.79 Å². The van der Waals surface area contributed by atoms with E-state index in [-0.39, 0.29) is 5.69 Å². The molecule has 1 aromatic heterocycles. The van der Waals surface area contributed by atoms with E-state index in [2.05, 4.69) is 23.4 Å². The van der Waals surface area contributed by atoms with E-state index in [0.29, 0.717) is 18.5 Å². The largest absolute Gasteiger partial charge is 0.461 e. The van der Waals surface area contributed by atoms with Gasteiger partial charge in [-0.3, -0.25) is 0 Å². The third kappa shape index (κ3) is 4.22. The highest BCUT2D eigenvalue weighted by molar-refractivity contribution is 5.92. The van der Waals surface area contributed by atoms with Crippen LogP contribution in [0.15, 0.2) is 0 Å². The molecule has 21 heavy (non-hydrogen) atoms. The number of unbranched alkanes of at least 4 members (excludes halogenated alkanes) is 1. The Kier molecular flexibility index (Phi) is 7.26. The number of aryl methyl sites for hydroxylation is 1. The molecule has 120 valence electrons. The Hall–Kier alpha value is -1.52. The van der Waals surface area contributed by atoms with Crippen molar-refractivity contribution >= 4 is 11.8 Å². The molecule has 1 atom stereocenters. The summed E-state index contributed by atoms with van der Waals surface area (Å²) in [6.45, 7) is 8.51. The van der Waals surface area contributed by atoms with Gasteiger partial charge in [-0.05, 0) is 19.8 Å². The smallest absolute Gasteiger partial charge is 0.360 e. The van der Waals surface area contributed by atoms with Gasteiger partial charge in [-0.25, -0.2) is 9.78 Å². The van der Waals surface area contributed by atoms with Crippen molar-refractivity contribution in [3.63, 3.8) is 0 Å². The second-order valence-electron chi connectivity index (χ2n) is 5.29.